The predicted octanol–water partition coefficient (Wildman–Crippen LogP) is 2.31. The van der Waals surface area contributed by atoms with Crippen molar-refractivity contribution in [2.75, 3.05) is 6.54 Å². The summed E-state index contributed by atoms with van der Waals surface area (Å²) in [6.07, 6.45) is 4.85. The molecule has 0 aliphatic carbocycles. The van der Waals surface area contributed by atoms with E-state index >= 15 is 0 Å². The number of aliphatic hydroxyl groups excluding tert-OH is 1. The molecule has 0 radical (unpaired) electrons. The fourth-order valence-electron chi connectivity index (χ4n) is 3.58. The van der Waals surface area contributed by atoms with Crippen LogP contribution in [0, 0.1) is 17.8 Å². The number of hydrogen-bond acceptors (Lipinski definition) is 4. The molecular formula is C23H32ClN3O3. The Morgan fingerprint density at radius 2 is 2.03 bits per heavy atom. The van der Waals surface area contributed by atoms with Crippen LogP contribution in [-0.2, 0) is 16.1 Å². The van der Waals surface area contributed by atoms with Crippen LogP contribution < -0.4 is 10.6 Å². The summed E-state index contributed by atoms with van der Waals surface area (Å²) in [5.74, 6) is 2.03. The molecule has 1 aromatic carbocycles. The summed E-state index contributed by atoms with van der Waals surface area (Å²) in [5.41, 5.74) is 1.05. The minimum absolute atomic E-state index is 0.103. The van der Waals surface area contributed by atoms with Crippen molar-refractivity contribution in [2.24, 2.45) is 5.41 Å². The lowest BCUT2D eigenvalue weighted by atomic mass is 9.85. The van der Waals surface area contributed by atoms with Gasteiger partial charge in [0, 0.05) is 36.1 Å². The Bertz CT molecular complexity index is 826. The summed E-state index contributed by atoms with van der Waals surface area (Å²) in [6, 6.07) is 4.11. The van der Waals surface area contributed by atoms with Crippen molar-refractivity contribution < 1.29 is 14.7 Å². The van der Waals surface area contributed by atoms with E-state index in [0.29, 0.717) is 10.6 Å². The number of aliphatic hydroxyl groups is 1. The van der Waals surface area contributed by atoms with Crippen LogP contribution in [0.15, 0.2) is 18.2 Å². The fraction of sp³-hybridized carbons (Fsp3) is 0.565. The highest BCUT2D eigenvalue weighted by atomic mass is 35.5. The second kappa shape index (κ2) is 9.82. The molecule has 1 aliphatic rings. The summed E-state index contributed by atoms with van der Waals surface area (Å²) in [7, 11) is 0. The van der Waals surface area contributed by atoms with E-state index in [1.807, 2.05) is 34.6 Å². The predicted molar refractivity (Wildman–Crippen MR) is 119 cm³/mol. The van der Waals surface area contributed by atoms with Gasteiger partial charge in [0.25, 0.3) is 0 Å². The Hall–Kier alpha value is -2.07. The van der Waals surface area contributed by atoms with Crippen LogP contribution in [0.4, 0.5) is 0 Å². The third kappa shape index (κ3) is 5.98. The van der Waals surface area contributed by atoms with Gasteiger partial charge in [-0.25, -0.2) is 0 Å². The van der Waals surface area contributed by atoms with E-state index in [0.717, 1.165) is 5.56 Å². The number of nitrogens with zero attached hydrogens (tertiary/aromatic N) is 1. The van der Waals surface area contributed by atoms with Crippen molar-refractivity contribution >= 4 is 23.4 Å². The number of carbonyl (C=O) groups excluding carboxylic acids is 2. The van der Waals surface area contributed by atoms with E-state index in [-0.39, 0.29) is 42.8 Å². The van der Waals surface area contributed by atoms with E-state index in [2.05, 4.69) is 16.6 Å². The van der Waals surface area contributed by atoms with E-state index < -0.39 is 18.2 Å². The average molecular weight is 434 g/mol. The van der Waals surface area contributed by atoms with Gasteiger partial charge >= 0.3 is 0 Å². The third-order valence-electron chi connectivity index (χ3n) is 5.15. The minimum Gasteiger partial charge on any atom is -0.391 e. The third-order valence-corrected chi connectivity index (χ3v) is 5.50. The molecule has 0 saturated carbocycles. The van der Waals surface area contributed by atoms with E-state index in [1.54, 1.807) is 18.2 Å². The molecule has 7 heteroatoms. The molecule has 2 amide bonds. The first-order chi connectivity index (χ1) is 13.9. The van der Waals surface area contributed by atoms with Crippen LogP contribution in [0.5, 0.6) is 0 Å². The number of terminal acetylenes is 1. The molecule has 0 bridgehead atoms. The molecule has 0 spiro atoms. The number of amides is 2. The molecule has 3 atom stereocenters. The standard InChI is InChI=1S/C23H32ClN3O3/c1-7-15-8-9-16(18(24)10-15)12-25-21(29)19-11-17(28)13-27(19)22(30)20(23(4,5)6)26-14(2)3/h1,8-10,14,17,19-20,26,28H,11-13H2,2-6H3,(H,25,29)/t17-,19+,20-/m1/s1. The van der Waals surface area contributed by atoms with E-state index in [1.165, 1.54) is 4.90 Å². The van der Waals surface area contributed by atoms with Crippen LogP contribution in [0.3, 0.4) is 0 Å². The molecule has 0 unspecified atom stereocenters. The Labute approximate surface area is 184 Å². The van der Waals surface area contributed by atoms with Gasteiger partial charge in [-0.05, 0) is 23.1 Å². The van der Waals surface area contributed by atoms with Crippen LogP contribution in [-0.4, -0.2) is 52.6 Å². The van der Waals surface area contributed by atoms with Crippen LogP contribution in [0.2, 0.25) is 5.02 Å². The summed E-state index contributed by atoms with van der Waals surface area (Å²) in [4.78, 5) is 27.7. The Morgan fingerprint density at radius 1 is 1.37 bits per heavy atom. The fourth-order valence-corrected chi connectivity index (χ4v) is 3.82. The number of carbonyl (C=O) groups is 2. The van der Waals surface area contributed by atoms with Crippen LogP contribution >= 0.6 is 11.6 Å². The molecule has 1 aliphatic heterocycles. The van der Waals surface area contributed by atoms with E-state index in [4.69, 9.17) is 18.0 Å². The van der Waals surface area contributed by atoms with Crippen LogP contribution in [0.1, 0.15) is 52.2 Å². The SMILES string of the molecule is C#Cc1ccc(CNC(=O)[C@@H]2C[C@@H](O)CN2C(=O)[C@@H](NC(C)C)C(C)(C)C)c(Cl)c1. The van der Waals surface area contributed by atoms with Crippen LogP contribution in [0.25, 0.3) is 0 Å². The molecular weight excluding hydrogens is 402 g/mol. The van der Waals surface area contributed by atoms with Gasteiger partial charge in [-0.3, -0.25) is 9.59 Å². The maximum atomic E-state index is 13.3. The summed E-state index contributed by atoms with van der Waals surface area (Å²) in [5, 5.41) is 16.8. The van der Waals surface area contributed by atoms with Crippen molar-refractivity contribution in [3.63, 3.8) is 0 Å². The smallest absolute Gasteiger partial charge is 0.243 e. The normalized spacial score (nSPS) is 20.2. The van der Waals surface area contributed by atoms with Crippen molar-refractivity contribution in [2.45, 2.75) is 71.8 Å². The molecule has 1 heterocycles. The van der Waals surface area contributed by atoms with Gasteiger partial charge in [0.15, 0.2) is 0 Å². The number of benzene rings is 1. The lowest BCUT2D eigenvalue weighted by Gasteiger charge is -2.36. The minimum atomic E-state index is -0.733. The quantitative estimate of drug-likeness (QED) is 0.601. The molecule has 1 fully saturated rings. The second-order valence-corrected chi connectivity index (χ2v) is 9.59. The highest BCUT2D eigenvalue weighted by Crippen LogP contribution is 2.26. The van der Waals surface area contributed by atoms with Crippen molar-refractivity contribution in [1.29, 1.82) is 0 Å². The first-order valence-corrected chi connectivity index (χ1v) is 10.6. The summed E-state index contributed by atoms with van der Waals surface area (Å²) < 4.78 is 0. The zero-order valence-corrected chi connectivity index (χ0v) is 19.1. The van der Waals surface area contributed by atoms with Gasteiger partial charge in [0.1, 0.15) is 6.04 Å². The highest BCUT2D eigenvalue weighted by molar-refractivity contribution is 6.31. The van der Waals surface area contributed by atoms with Crippen molar-refractivity contribution in [3.8, 4) is 12.3 Å². The summed E-state index contributed by atoms with van der Waals surface area (Å²) in [6.45, 7) is 10.2. The first kappa shape index (κ1) is 24.2. The highest BCUT2D eigenvalue weighted by Gasteiger charge is 2.43. The number of likely N-dealkylation sites (tertiary alicyclic amines) is 1. The summed E-state index contributed by atoms with van der Waals surface area (Å²) >= 11 is 6.23. The van der Waals surface area contributed by atoms with Gasteiger partial charge in [-0.15, -0.1) is 6.42 Å². The number of halogens is 1. The number of nitrogens with one attached hydrogen (secondary N) is 2. The van der Waals surface area contributed by atoms with Crippen molar-refractivity contribution in [3.05, 3.63) is 34.3 Å². The Morgan fingerprint density at radius 3 is 2.57 bits per heavy atom. The maximum Gasteiger partial charge on any atom is 0.243 e. The van der Waals surface area contributed by atoms with Crippen molar-refractivity contribution in [1.82, 2.24) is 15.5 Å². The van der Waals surface area contributed by atoms with Gasteiger partial charge < -0.3 is 20.6 Å². The molecule has 3 N–H and O–H groups in total. The zero-order chi connectivity index (χ0) is 22.6. The molecule has 0 aromatic heterocycles. The molecule has 1 saturated heterocycles. The first-order valence-electron chi connectivity index (χ1n) is 10.2. The zero-order valence-electron chi connectivity index (χ0n) is 18.3. The van der Waals surface area contributed by atoms with Gasteiger partial charge in [-0.1, -0.05) is 58.2 Å². The number of rotatable bonds is 6. The van der Waals surface area contributed by atoms with Gasteiger partial charge in [-0.2, -0.15) is 0 Å². The number of β-amino-alcohol motifs (C(OH)–C–C–N with tert-alkyl or cyclic N) is 1. The lowest BCUT2D eigenvalue weighted by Crippen LogP contribution is -2.57. The maximum absolute atomic E-state index is 13.3. The van der Waals surface area contributed by atoms with Gasteiger partial charge in [0.05, 0.1) is 12.1 Å². The molecule has 2 rings (SSSR count). The van der Waals surface area contributed by atoms with Gasteiger partial charge in [0.2, 0.25) is 11.8 Å². The van der Waals surface area contributed by atoms with E-state index in [9.17, 15) is 14.7 Å². The molecule has 6 nitrogen and oxygen atoms in total. The monoisotopic (exact) mass is 433 g/mol. The average Bonchev–Trinajstić information content (AvgIpc) is 3.05. The molecule has 164 valence electrons. The molecule has 1 aromatic rings. The topological polar surface area (TPSA) is 81.7 Å². The molecule has 30 heavy (non-hydrogen) atoms. The Kier molecular flexibility index (Phi) is 7.93. The number of hydrogen-bond donors (Lipinski definition) is 3. The Balaban J connectivity index is 2.13. The lowest BCUT2D eigenvalue weighted by molar-refractivity contribution is -0.142. The largest absolute Gasteiger partial charge is 0.391 e. The second-order valence-electron chi connectivity index (χ2n) is 9.18.